The van der Waals surface area contributed by atoms with Gasteiger partial charge in [0.2, 0.25) is 0 Å². The molecule has 0 amide bonds. The van der Waals surface area contributed by atoms with Gasteiger partial charge in [-0.1, -0.05) is 6.92 Å². The van der Waals surface area contributed by atoms with Gasteiger partial charge in [0, 0.05) is 20.3 Å². The lowest BCUT2D eigenvalue weighted by atomic mass is 10.1. The number of aromatic nitrogens is 2. The summed E-state index contributed by atoms with van der Waals surface area (Å²) >= 11 is 0. The van der Waals surface area contributed by atoms with Crippen LogP contribution in [0.4, 0.5) is 0 Å². The van der Waals surface area contributed by atoms with E-state index in [2.05, 4.69) is 12.0 Å². The molecule has 0 radical (unpaired) electrons. The molecular weight excluding hydrogens is 220 g/mol. The average molecular weight is 242 g/mol. The Hall–Kier alpha value is -1.07. The lowest BCUT2D eigenvalue weighted by Gasteiger charge is -2.14. The minimum atomic E-state index is -0.547. The fourth-order valence-electron chi connectivity index (χ4n) is 1.82. The Labute approximate surface area is 102 Å². The van der Waals surface area contributed by atoms with Gasteiger partial charge >= 0.3 is 0 Å². The molecule has 1 N–H and O–H groups in total. The number of methoxy groups -OCH3 is 2. The van der Waals surface area contributed by atoms with E-state index in [-0.39, 0.29) is 0 Å². The van der Waals surface area contributed by atoms with Crippen molar-refractivity contribution in [1.29, 1.82) is 0 Å². The van der Waals surface area contributed by atoms with Gasteiger partial charge in [-0.2, -0.15) is 5.10 Å². The molecule has 5 nitrogen and oxygen atoms in total. The highest BCUT2D eigenvalue weighted by atomic mass is 16.5. The number of aliphatic hydroxyl groups is 1. The summed E-state index contributed by atoms with van der Waals surface area (Å²) in [5, 5.41) is 14.4. The third-order valence-corrected chi connectivity index (χ3v) is 2.64. The van der Waals surface area contributed by atoms with Gasteiger partial charge < -0.3 is 14.6 Å². The predicted octanol–water partition coefficient (Wildman–Crippen LogP) is 1.76. The topological polar surface area (TPSA) is 56.5 Å². The first-order valence-electron chi connectivity index (χ1n) is 6.01. The van der Waals surface area contributed by atoms with Crippen molar-refractivity contribution >= 4 is 0 Å². The van der Waals surface area contributed by atoms with Gasteiger partial charge in [-0.05, 0) is 19.3 Å². The fourth-order valence-corrected chi connectivity index (χ4v) is 1.82. The minimum absolute atomic E-state index is 0.547. The molecule has 0 aromatic carbocycles. The number of ether oxygens (including phenoxy) is 2. The van der Waals surface area contributed by atoms with E-state index in [0.29, 0.717) is 18.8 Å². The average Bonchev–Trinajstić information content (AvgIpc) is 2.73. The number of aliphatic hydroxyl groups excluding tert-OH is 1. The molecule has 5 heteroatoms. The number of hydrogen-bond donors (Lipinski definition) is 1. The molecule has 0 spiro atoms. The van der Waals surface area contributed by atoms with E-state index in [1.54, 1.807) is 20.4 Å². The van der Waals surface area contributed by atoms with Crippen LogP contribution in [0.3, 0.4) is 0 Å². The molecule has 1 aromatic heterocycles. The molecule has 1 unspecified atom stereocenters. The maximum atomic E-state index is 10.2. The Balaban J connectivity index is 2.73. The Morgan fingerprint density at radius 1 is 1.47 bits per heavy atom. The first kappa shape index (κ1) is 14.0. The van der Waals surface area contributed by atoms with Gasteiger partial charge in [0.05, 0.1) is 19.4 Å². The first-order chi connectivity index (χ1) is 8.24. The van der Waals surface area contributed by atoms with Gasteiger partial charge in [0.15, 0.2) is 5.75 Å². The second-order valence-corrected chi connectivity index (χ2v) is 3.97. The predicted molar refractivity (Wildman–Crippen MR) is 65.1 cm³/mol. The highest BCUT2D eigenvalue weighted by molar-refractivity contribution is 5.27. The van der Waals surface area contributed by atoms with Crippen molar-refractivity contribution in [1.82, 2.24) is 9.78 Å². The van der Waals surface area contributed by atoms with Crippen LogP contribution in [0.5, 0.6) is 5.75 Å². The molecule has 98 valence electrons. The van der Waals surface area contributed by atoms with Gasteiger partial charge in [-0.25, -0.2) is 0 Å². The SMILES string of the molecule is CCCn1ncc(OC)c1C(O)CCCOC. The molecule has 0 aliphatic rings. The van der Waals surface area contributed by atoms with Crippen molar-refractivity contribution in [2.24, 2.45) is 0 Å². The van der Waals surface area contributed by atoms with Crippen molar-refractivity contribution in [2.45, 2.75) is 38.8 Å². The van der Waals surface area contributed by atoms with Crippen molar-refractivity contribution in [3.8, 4) is 5.75 Å². The third kappa shape index (κ3) is 3.71. The monoisotopic (exact) mass is 242 g/mol. The van der Waals surface area contributed by atoms with Crippen LogP contribution in [0.25, 0.3) is 0 Å². The van der Waals surface area contributed by atoms with E-state index >= 15 is 0 Å². The number of nitrogens with zero attached hydrogens (tertiary/aromatic N) is 2. The van der Waals surface area contributed by atoms with E-state index in [9.17, 15) is 5.11 Å². The zero-order valence-electron chi connectivity index (χ0n) is 10.8. The Morgan fingerprint density at radius 3 is 2.82 bits per heavy atom. The van der Waals surface area contributed by atoms with Crippen molar-refractivity contribution in [3.63, 3.8) is 0 Å². The van der Waals surface area contributed by atoms with E-state index in [4.69, 9.17) is 9.47 Å². The number of hydrogen-bond acceptors (Lipinski definition) is 4. The maximum Gasteiger partial charge on any atom is 0.162 e. The Bertz CT molecular complexity index is 326. The molecule has 1 rings (SSSR count). The molecule has 17 heavy (non-hydrogen) atoms. The van der Waals surface area contributed by atoms with Crippen LogP contribution in [0.15, 0.2) is 6.20 Å². The summed E-state index contributed by atoms with van der Waals surface area (Å²) in [6.45, 7) is 3.52. The highest BCUT2D eigenvalue weighted by Gasteiger charge is 2.19. The molecule has 0 bridgehead atoms. The van der Waals surface area contributed by atoms with Crippen LogP contribution >= 0.6 is 0 Å². The van der Waals surface area contributed by atoms with Gasteiger partial charge in [0.25, 0.3) is 0 Å². The second kappa shape index (κ2) is 7.29. The van der Waals surface area contributed by atoms with Crippen LogP contribution in [0.1, 0.15) is 38.0 Å². The summed E-state index contributed by atoms with van der Waals surface area (Å²) in [5.41, 5.74) is 0.769. The lowest BCUT2D eigenvalue weighted by Crippen LogP contribution is -2.10. The summed E-state index contributed by atoms with van der Waals surface area (Å²) in [5.74, 6) is 0.656. The molecule has 0 saturated carbocycles. The second-order valence-electron chi connectivity index (χ2n) is 3.97. The van der Waals surface area contributed by atoms with Crippen molar-refractivity contribution in [2.75, 3.05) is 20.8 Å². The molecule has 1 aromatic rings. The maximum absolute atomic E-state index is 10.2. The van der Waals surface area contributed by atoms with Crippen molar-refractivity contribution in [3.05, 3.63) is 11.9 Å². The Morgan fingerprint density at radius 2 is 2.24 bits per heavy atom. The summed E-state index contributed by atoms with van der Waals surface area (Å²) in [7, 11) is 3.26. The quantitative estimate of drug-likeness (QED) is 0.706. The normalized spacial score (nSPS) is 12.7. The van der Waals surface area contributed by atoms with Crippen molar-refractivity contribution < 1.29 is 14.6 Å². The smallest absolute Gasteiger partial charge is 0.162 e. The summed E-state index contributed by atoms with van der Waals surface area (Å²) in [4.78, 5) is 0. The van der Waals surface area contributed by atoms with Crippen LogP contribution in [0, 0.1) is 0 Å². The Kier molecular flexibility index (Phi) is 6.00. The molecular formula is C12H22N2O3. The van der Waals surface area contributed by atoms with E-state index in [0.717, 1.165) is 25.1 Å². The van der Waals surface area contributed by atoms with Gasteiger partial charge in [-0.3, -0.25) is 4.68 Å². The van der Waals surface area contributed by atoms with Gasteiger partial charge in [0.1, 0.15) is 5.69 Å². The third-order valence-electron chi connectivity index (χ3n) is 2.64. The molecule has 0 aliphatic heterocycles. The van der Waals surface area contributed by atoms with E-state index in [1.807, 2.05) is 4.68 Å². The molecule has 0 saturated heterocycles. The highest BCUT2D eigenvalue weighted by Crippen LogP contribution is 2.28. The van der Waals surface area contributed by atoms with Crippen LogP contribution in [-0.2, 0) is 11.3 Å². The molecule has 1 heterocycles. The minimum Gasteiger partial charge on any atom is -0.493 e. The fraction of sp³-hybridized carbons (Fsp3) is 0.750. The number of rotatable bonds is 8. The van der Waals surface area contributed by atoms with Crippen LogP contribution < -0.4 is 4.74 Å². The summed E-state index contributed by atoms with van der Waals surface area (Å²) in [6.07, 6.45) is 3.55. The largest absolute Gasteiger partial charge is 0.493 e. The lowest BCUT2D eigenvalue weighted by molar-refractivity contribution is 0.126. The van der Waals surface area contributed by atoms with E-state index < -0.39 is 6.10 Å². The van der Waals surface area contributed by atoms with Crippen LogP contribution in [-0.4, -0.2) is 35.7 Å². The zero-order valence-corrected chi connectivity index (χ0v) is 10.8. The number of aryl methyl sites for hydroxylation is 1. The summed E-state index contributed by atoms with van der Waals surface area (Å²) < 4.78 is 12.0. The zero-order chi connectivity index (χ0) is 12.7. The van der Waals surface area contributed by atoms with Gasteiger partial charge in [-0.15, -0.1) is 0 Å². The van der Waals surface area contributed by atoms with Crippen LogP contribution in [0.2, 0.25) is 0 Å². The first-order valence-corrected chi connectivity index (χ1v) is 6.01. The van der Waals surface area contributed by atoms with E-state index in [1.165, 1.54) is 0 Å². The molecule has 0 aliphatic carbocycles. The molecule has 0 fully saturated rings. The molecule has 1 atom stereocenters. The summed E-state index contributed by atoms with van der Waals surface area (Å²) in [6, 6.07) is 0. The standard InChI is InChI=1S/C12H22N2O3/c1-4-7-14-12(11(17-3)9-13-14)10(15)6-5-8-16-2/h9-10,15H,4-8H2,1-3H3.